The molecule has 0 unspecified atom stereocenters. The molecule has 0 aliphatic carbocycles. The topological polar surface area (TPSA) is 82.9 Å². The van der Waals surface area contributed by atoms with Crippen molar-refractivity contribution in [3.8, 4) is 0 Å². The fourth-order valence-corrected chi connectivity index (χ4v) is 4.06. The van der Waals surface area contributed by atoms with Crippen LogP contribution in [0.5, 0.6) is 0 Å². The predicted octanol–water partition coefficient (Wildman–Crippen LogP) is 2.56. The molecular weight excluding hydrogens is 354 g/mol. The molecule has 26 heavy (non-hydrogen) atoms. The van der Waals surface area contributed by atoms with Gasteiger partial charge in [-0.25, -0.2) is 17.5 Å². The van der Waals surface area contributed by atoms with E-state index in [0.29, 0.717) is 25.9 Å². The summed E-state index contributed by atoms with van der Waals surface area (Å²) in [5, 5.41) is 4.01. The highest BCUT2D eigenvalue weighted by molar-refractivity contribution is 7.88. The number of hydrogen-bond donors (Lipinski definition) is 1. The van der Waals surface area contributed by atoms with Gasteiger partial charge in [-0.05, 0) is 31.9 Å². The number of nitrogens with one attached hydrogen (secondary N) is 1. The van der Waals surface area contributed by atoms with E-state index >= 15 is 0 Å². The van der Waals surface area contributed by atoms with Crippen molar-refractivity contribution in [1.29, 1.82) is 0 Å². The van der Waals surface area contributed by atoms with Gasteiger partial charge < -0.3 is 14.6 Å². The lowest BCUT2D eigenvalue weighted by molar-refractivity contribution is 0.178. The zero-order valence-electron chi connectivity index (χ0n) is 15.3. The SMILES string of the molecule is C[C@@H](c1cc2ccccc2o1)N(C)C(=O)NC1CCN(S(C)(=O)=O)CC1. The molecule has 1 saturated heterocycles. The number of amides is 2. The quantitative estimate of drug-likeness (QED) is 0.885. The molecule has 7 nitrogen and oxygen atoms in total. The molecule has 1 N–H and O–H groups in total. The van der Waals surface area contributed by atoms with Gasteiger partial charge >= 0.3 is 6.03 Å². The van der Waals surface area contributed by atoms with E-state index in [1.165, 1.54) is 10.6 Å². The minimum atomic E-state index is -3.16. The van der Waals surface area contributed by atoms with Gasteiger partial charge in [0.1, 0.15) is 11.3 Å². The summed E-state index contributed by atoms with van der Waals surface area (Å²) >= 11 is 0. The number of carbonyl (C=O) groups is 1. The van der Waals surface area contributed by atoms with Crippen LogP contribution in [0.2, 0.25) is 0 Å². The highest BCUT2D eigenvalue weighted by atomic mass is 32.2. The van der Waals surface area contributed by atoms with Gasteiger partial charge in [-0.3, -0.25) is 0 Å². The third-order valence-electron chi connectivity index (χ3n) is 5.01. The average molecular weight is 379 g/mol. The van der Waals surface area contributed by atoms with E-state index < -0.39 is 10.0 Å². The van der Waals surface area contributed by atoms with Crippen LogP contribution in [-0.4, -0.2) is 56.1 Å². The second-order valence-electron chi connectivity index (χ2n) is 6.86. The zero-order valence-corrected chi connectivity index (χ0v) is 16.1. The lowest BCUT2D eigenvalue weighted by atomic mass is 10.1. The molecule has 142 valence electrons. The standard InChI is InChI=1S/C18H25N3O4S/c1-13(17-12-14-6-4-5-7-16(14)25-17)20(2)18(22)19-15-8-10-21(11-9-15)26(3,23)24/h4-7,12-13,15H,8-11H2,1-3H3,(H,19,22)/t13-/m0/s1. The molecule has 8 heteroatoms. The molecule has 1 atom stereocenters. The van der Waals surface area contributed by atoms with Crippen LogP contribution in [0, 0.1) is 0 Å². The highest BCUT2D eigenvalue weighted by Gasteiger charge is 2.28. The van der Waals surface area contributed by atoms with Crippen LogP contribution in [0.1, 0.15) is 31.6 Å². The molecule has 0 bridgehead atoms. The van der Waals surface area contributed by atoms with E-state index in [1.807, 2.05) is 37.3 Å². The number of sulfonamides is 1. The van der Waals surface area contributed by atoms with Crippen molar-refractivity contribution >= 4 is 27.0 Å². The average Bonchev–Trinajstić information content (AvgIpc) is 3.04. The fourth-order valence-electron chi connectivity index (χ4n) is 3.18. The summed E-state index contributed by atoms with van der Waals surface area (Å²) in [4.78, 5) is 14.2. The number of para-hydroxylation sites is 1. The third kappa shape index (κ3) is 4.02. The number of fused-ring (bicyclic) bond motifs is 1. The number of benzene rings is 1. The fraction of sp³-hybridized carbons (Fsp3) is 0.500. The Bertz CT molecular complexity index is 852. The number of carbonyl (C=O) groups excluding carboxylic acids is 1. The first kappa shape index (κ1) is 18.7. The molecular formula is C18H25N3O4S. The molecule has 0 spiro atoms. The molecule has 0 radical (unpaired) electrons. The Morgan fingerprint density at radius 1 is 1.31 bits per heavy atom. The first-order valence-corrected chi connectivity index (χ1v) is 10.6. The summed E-state index contributed by atoms with van der Waals surface area (Å²) in [5.41, 5.74) is 0.802. The Labute approximate surface area is 154 Å². The first-order chi connectivity index (χ1) is 12.3. The van der Waals surface area contributed by atoms with Gasteiger partial charge in [0.25, 0.3) is 0 Å². The molecule has 3 rings (SSSR count). The summed E-state index contributed by atoms with van der Waals surface area (Å²) in [6, 6.07) is 9.28. The zero-order chi connectivity index (χ0) is 18.9. The summed E-state index contributed by atoms with van der Waals surface area (Å²) in [6.07, 6.45) is 2.45. The Balaban J connectivity index is 1.59. The largest absolute Gasteiger partial charge is 0.459 e. The van der Waals surface area contributed by atoms with Crippen molar-refractivity contribution in [2.75, 3.05) is 26.4 Å². The van der Waals surface area contributed by atoms with Gasteiger partial charge in [0.05, 0.1) is 12.3 Å². The van der Waals surface area contributed by atoms with Crippen LogP contribution >= 0.6 is 0 Å². The van der Waals surface area contributed by atoms with Gasteiger partial charge in [0.2, 0.25) is 10.0 Å². The van der Waals surface area contributed by atoms with Crippen LogP contribution in [0.15, 0.2) is 34.7 Å². The van der Waals surface area contributed by atoms with Crippen molar-refractivity contribution in [1.82, 2.24) is 14.5 Å². The van der Waals surface area contributed by atoms with Gasteiger partial charge in [-0.15, -0.1) is 0 Å². The third-order valence-corrected chi connectivity index (χ3v) is 6.31. The first-order valence-electron chi connectivity index (χ1n) is 8.72. The smallest absolute Gasteiger partial charge is 0.317 e. The van der Waals surface area contributed by atoms with E-state index in [0.717, 1.165) is 16.7 Å². The lowest BCUT2D eigenvalue weighted by Gasteiger charge is -2.32. The maximum absolute atomic E-state index is 12.6. The molecule has 1 fully saturated rings. The Morgan fingerprint density at radius 3 is 2.58 bits per heavy atom. The second kappa shape index (κ2) is 7.28. The minimum absolute atomic E-state index is 0.0224. The molecule has 2 amide bonds. The monoisotopic (exact) mass is 379 g/mol. The van der Waals surface area contributed by atoms with Crippen LogP contribution in [-0.2, 0) is 10.0 Å². The highest BCUT2D eigenvalue weighted by Crippen LogP contribution is 2.26. The molecule has 2 aromatic rings. The van der Waals surface area contributed by atoms with Crippen LogP contribution < -0.4 is 5.32 Å². The number of nitrogens with zero attached hydrogens (tertiary/aromatic N) is 2. The summed E-state index contributed by atoms with van der Waals surface area (Å²) < 4.78 is 30.4. The van der Waals surface area contributed by atoms with Crippen molar-refractivity contribution in [2.24, 2.45) is 0 Å². The van der Waals surface area contributed by atoms with Gasteiger partial charge in [0.15, 0.2) is 0 Å². The van der Waals surface area contributed by atoms with E-state index in [4.69, 9.17) is 4.42 Å². The minimum Gasteiger partial charge on any atom is -0.459 e. The maximum atomic E-state index is 12.6. The van der Waals surface area contributed by atoms with Crippen LogP contribution in [0.3, 0.4) is 0 Å². The molecule has 1 aromatic carbocycles. The maximum Gasteiger partial charge on any atom is 0.317 e. The molecule has 1 aliphatic rings. The van der Waals surface area contributed by atoms with Crippen molar-refractivity contribution in [2.45, 2.75) is 31.8 Å². The predicted molar refractivity (Wildman–Crippen MR) is 100 cm³/mol. The summed E-state index contributed by atoms with van der Waals surface area (Å²) in [5.74, 6) is 0.732. The number of furan rings is 1. The van der Waals surface area contributed by atoms with E-state index in [-0.39, 0.29) is 18.1 Å². The van der Waals surface area contributed by atoms with E-state index in [2.05, 4.69) is 5.32 Å². The molecule has 1 aromatic heterocycles. The van der Waals surface area contributed by atoms with Crippen molar-refractivity contribution < 1.29 is 17.6 Å². The van der Waals surface area contributed by atoms with Crippen LogP contribution in [0.4, 0.5) is 4.79 Å². The lowest BCUT2D eigenvalue weighted by Crippen LogP contribution is -2.49. The molecule has 0 saturated carbocycles. The number of hydrogen-bond acceptors (Lipinski definition) is 4. The number of urea groups is 1. The van der Waals surface area contributed by atoms with Gasteiger partial charge in [-0.1, -0.05) is 18.2 Å². The second-order valence-corrected chi connectivity index (χ2v) is 8.84. The molecule has 2 heterocycles. The van der Waals surface area contributed by atoms with Crippen LogP contribution in [0.25, 0.3) is 11.0 Å². The summed E-state index contributed by atoms with van der Waals surface area (Å²) in [6.45, 7) is 2.79. The van der Waals surface area contributed by atoms with E-state index in [1.54, 1.807) is 11.9 Å². The van der Waals surface area contributed by atoms with Crippen molar-refractivity contribution in [3.63, 3.8) is 0 Å². The number of piperidine rings is 1. The van der Waals surface area contributed by atoms with Gasteiger partial charge in [0, 0.05) is 31.6 Å². The normalized spacial score (nSPS) is 18.0. The Hall–Kier alpha value is -2.06. The van der Waals surface area contributed by atoms with E-state index in [9.17, 15) is 13.2 Å². The van der Waals surface area contributed by atoms with Gasteiger partial charge in [-0.2, -0.15) is 0 Å². The summed E-state index contributed by atoms with van der Waals surface area (Å²) in [7, 11) is -1.42. The van der Waals surface area contributed by atoms with Crippen molar-refractivity contribution in [3.05, 3.63) is 36.1 Å². The Morgan fingerprint density at radius 2 is 1.96 bits per heavy atom. The Kier molecular flexibility index (Phi) is 5.24. The molecule has 1 aliphatic heterocycles. The number of rotatable bonds is 4.